The summed E-state index contributed by atoms with van der Waals surface area (Å²) in [5.74, 6) is -2.76. The van der Waals surface area contributed by atoms with Gasteiger partial charge >= 0.3 is 12.1 Å². The van der Waals surface area contributed by atoms with Crippen molar-refractivity contribution in [3.05, 3.63) is 0 Å². The summed E-state index contributed by atoms with van der Waals surface area (Å²) in [5, 5.41) is 7.12. The number of rotatable bonds is 16. The van der Waals surface area contributed by atoms with E-state index in [-0.39, 0.29) is 0 Å². The predicted molar refractivity (Wildman–Crippen MR) is 99.3 cm³/mol. The van der Waals surface area contributed by atoms with Gasteiger partial charge in [0.2, 0.25) is 0 Å². The summed E-state index contributed by atoms with van der Waals surface area (Å²) in [7, 11) is 0. The summed E-state index contributed by atoms with van der Waals surface area (Å²) in [6.07, 6.45) is 12.7. The van der Waals surface area contributed by atoms with Crippen LogP contribution in [-0.4, -0.2) is 37.0 Å². The van der Waals surface area contributed by atoms with Crippen molar-refractivity contribution in [2.24, 2.45) is 5.73 Å². The molecule has 0 atom stereocenters. The lowest BCUT2D eigenvalue weighted by molar-refractivity contribution is -0.192. The first-order valence-corrected chi connectivity index (χ1v) is 9.94. The first-order chi connectivity index (χ1) is 12.4. The maximum absolute atomic E-state index is 10.6. The fraction of sp³-hybridized carbons (Fsp3) is 0.947. The molecule has 0 aliphatic rings. The fourth-order valence-electron chi connectivity index (χ4n) is 2.33. The highest BCUT2D eigenvalue weighted by Crippen LogP contribution is 2.13. The molecular formula is C19H38F3NO3. The van der Waals surface area contributed by atoms with E-state index in [1.807, 2.05) is 0 Å². The van der Waals surface area contributed by atoms with Crippen LogP contribution in [0, 0.1) is 0 Å². The van der Waals surface area contributed by atoms with Gasteiger partial charge in [-0.25, -0.2) is 4.79 Å². The van der Waals surface area contributed by atoms with E-state index in [2.05, 4.69) is 6.92 Å². The van der Waals surface area contributed by atoms with Crippen LogP contribution in [0.2, 0.25) is 0 Å². The Hall–Kier alpha value is -0.820. The van der Waals surface area contributed by atoms with Crippen LogP contribution in [0.5, 0.6) is 0 Å². The van der Waals surface area contributed by atoms with Crippen molar-refractivity contribution >= 4 is 5.97 Å². The van der Waals surface area contributed by atoms with Crippen LogP contribution >= 0.6 is 0 Å². The van der Waals surface area contributed by atoms with Crippen LogP contribution in [0.1, 0.15) is 90.4 Å². The SMILES string of the molecule is CCCCCCCCCCCCCCOCCCN.O=C(O)C(F)(F)F. The summed E-state index contributed by atoms with van der Waals surface area (Å²) in [6.45, 7) is 4.80. The van der Waals surface area contributed by atoms with Crippen molar-refractivity contribution in [2.75, 3.05) is 19.8 Å². The third kappa shape index (κ3) is 25.4. The molecule has 158 valence electrons. The molecule has 0 unspecified atom stereocenters. The Labute approximate surface area is 156 Å². The lowest BCUT2D eigenvalue weighted by Gasteiger charge is -2.04. The van der Waals surface area contributed by atoms with E-state index in [1.54, 1.807) is 0 Å². The number of alkyl halides is 3. The number of hydrogen-bond acceptors (Lipinski definition) is 3. The molecule has 4 nitrogen and oxygen atoms in total. The topological polar surface area (TPSA) is 72.5 Å². The number of carbonyl (C=O) groups is 1. The molecule has 0 aromatic rings. The summed E-state index contributed by atoms with van der Waals surface area (Å²) in [4.78, 5) is 8.90. The standard InChI is InChI=1S/C17H37NO.C2HF3O2/c1-2-3-4-5-6-7-8-9-10-11-12-13-16-19-17-14-15-18;3-2(4,5)1(6)7/h2-18H2,1H3;(H,6,7). The monoisotopic (exact) mass is 385 g/mol. The minimum atomic E-state index is -5.08. The molecule has 0 heterocycles. The maximum atomic E-state index is 10.6. The average molecular weight is 386 g/mol. The molecule has 0 rings (SSSR count). The van der Waals surface area contributed by atoms with Crippen LogP contribution < -0.4 is 5.73 Å². The van der Waals surface area contributed by atoms with Crippen LogP contribution in [0.3, 0.4) is 0 Å². The number of nitrogens with two attached hydrogens (primary N) is 1. The van der Waals surface area contributed by atoms with E-state index in [0.29, 0.717) is 0 Å². The summed E-state index contributed by atoms with van der Waals surface area (Å²) >= 11 is 0. The van der Waals surface area contributed by atoms with Crippen molar-refractivity contribution in [3.8, 4) is 0 Å². The van der Waals surface area contributed by atoms with Gasteiger partial charge in [0.15, 0.2) is 0 Å². The number of unbranched alkanes of at least 4 members (excludes halogenated alkanes) is 11. The van der Waals surface area contributed by atoms with Gasteiger partial charge in [0, 0.05) is 13.2 Å². The van der Waals surface area contributed by atoms with E-state index < -0.39 is 12.1 Å². The Morgan fingerprint density at radius 3 is 1.50 bits per heavy atom. The normalized spacial score (nSPS) is 11.1. The van der Waals surface area contributed by atoms with Crippen LogP contribution in [0.15, 0.2) is 0 Å². The number of carboxylic acids is 1. The van der Waals surface area contributed by atoms with Crippen LogP contribution in [0.4, 0.5) is 13.2 Å². The van der Waals surface area contributed by atoms with Gasteiger partial charge in [0.1, 0.15) is 0 Å². The number of ether oxygens (including phenoxy) is 1. The smallest absolute Gasteiger partial charge is 0.475 e. The zero-order valence-corrected chi connectivity index (χ0v) is 16.3. The zero-order valence-electron chi connectivity index (χ0n) is 16.3. The highest BCUT2D eigenvalue weighted by molar-refractivity contribution is 5.73. The van der Waals surface area contributed by atoms with Crippen molar-refractivity contribution in [1.29, 1.82) is 0 Å². The fourth-order valence-corrected chi connectivity index (χ4v) is 2.33. The number of carboxylic acid groups (broad SMARTS) is 1. The Kier molecular flexibility index (Phi) is 21.6. The molecule has 0 spiro atoms. The average Bonchev–Trinajstić information content (AvgIpc) is 2.58. The third-order valence-corrected chi connectivity index (χ3v) is 3.88. The van der Waals surface area contributed by atoms with E-state index in [0.717, 1.165) is 26.2 Å². The number of aliphatic carboxylic acids is 1. The number of hydrogen-bond donors (Lipinski definition) is 2. The highest BCUT2D eigenvalue weighted by Gasteiger charge is 2.38. The van der Waals surface area contributed by atoms with Gasteiger partial charge in [-0.2, -0.15) is 13.2 Å². The van der Waals surface area contributed by atoms with Crippen molar-refractivity contribution in [1.82, 2.24) is 0 Å². The van der Waals surface area contributed by atoms with E-state index in [9.17, 15) is 13.2 Å². The first kappa shape index (κ1) is 27.4. The Balaban J connectivity index is 0. The molecule has 26 heavy (non-hydrogen) atoms. The van der Waals surface area contributed by atoms with Gasteiger partial charge in [0.25, 0.3) is 0 Å². The first-order valence-electron chi connectivity index (χ1n) is 9.94. The van der Waals surface area contributed by atoms with Crippen molar-refractivity contribution in [2.45, 2.75) is 96.6 Å². The second-order valence-corrected chi connectivity index (χ2v) is 6.45. The molecule has 0 radical (unpaired) electrons. The lowest BCUT2D eigenvalue weighted by Crippen LogP contribution is -2.21. The minimum Gasteiger partial charge on any atom is -0.475 e. The number of halogens is 3. The zero-order chi connectivity index (χ0) is 20.1. The summed E-state index contributed by atoms with van der Waals surface area (Å²) < 4.78 is 37.2. The Morgan fingerprint density at radius 2 is 1.15 bits per heavy atom. The molecular weight excluding hydrogens is 347 g/mol. The summed E-state index contributed by atoms with van der Waals surface area (Å²) in [5.41, 5.74) is 5.40. The minimum absolute atomic E-state index is 0.748. The van der Waals surface area contributed by atoms with Crippen LogP contribution in [-0.2, 0) is 9.53 Å². The second kappa shape index (κ2) is 20.5. The van der Waals surface area contributed by atoms with E-state index >= 15 is 0 Å². The maximum Gasteiger partial charge on any atom is 0.490 e. The predicted octanol–water partition coefficient (Wildman–Crippen LogP) is 5.69. The van der Waals surface area contributed by atoms with Gasteiger partial charge in [-0.1, -0.05) is 77.6 Å². The van der Waals surface area contributed by atoms with Gasteiger partial charge in [0.05, 0.1) is 0 Å². The quantitative estimate of drug-likeness (QED) is 0.335. The molecule has 7 heteroatoms. The van der Waals surface area contributed by atoms with Crippen molar-refractivity contribution < 1.29 is 27.8 Å². The second-order valence-electron chi connectivity index (χ2n) is 6.45. The highest BCUT2D eigenvalue weighted by atomic mass is 19.4. The van der Waals surface area contributed by atoms with Gasteiger partial charge < -0.3 is 15.6 Å². The molecule has 0 aliphatic heterocycles. The van der Waals surface area contributed by atoms with Crippen molar-refractivity contribution in [3.63, 3.8) is 0 Å². The van der Waals surface area contributed by atoms with Gasteiger partial charge in [-0.3, -0.25) is 0 Å². The molecule has 0 fully saturated rings. The molecule has 0 saturated carbocycles. The molecule has 0 aliphatic carbocycles. The third-order valence-electron chi connectivity index (χ3n) is 3.88. The largest absolute Gasteiger partial charge is 0.490 e. The van der Waals surface area contributed by atoms with E-state index in [4.69, 9.17) is 20.4 Å². The Bertz CT molecular complexity index is 284. The molecule has 0 amide bonds. The van der Waals surface area contributed by atoms with Crippen LogP contribution in [0.25, 0.3) is 0 Å². The Morgan fingerprint density at radius 1 is 0.808 bits per heavy atom. The van der Waals surface area contributed by atoms with E-state index in [1.165, 1.54) is 77.0 Å². The molecule has 0 saturated heterocycles. The van der Waals surface area contributed by atoms with Gasteiger partial charge in [-0.15, -0.1) is 0 Å². The van der Waals surface area contributed by atoms with Gasteiger partial charge in [-0.05, 0) is 19.4 Å². The molecule has 0 bridgehead atoms. The molecule has 3 N–H and O–H groups in total. The molecule has 0 aromatic carbocycles. The molecule has 0 aromatic heterocycles. The summed E-state index contributed by atoms with van der Waals surface area (Å²) in [6, 6.07) is 0. The lowest BCUT2D eigenvalue weighted by atomic mass is 10.1.